The average molecular weight is 809 g/mol. The molecule has 3 saturated heterocycles. The molecule has 2 aromatic heterocycles. The fourth-order valence-corrected chi connectivity index (χ4v) is 8.43. The molecule has 5 heterocycles. The number of nitrogens with zero attached hydrogens (tertiary/aromatic N) is 5. The number of hydrogen-bond acceptors (Lipinski definition) is 8. The highest BCUT2D eigenvalue weighted by Gasteiger charge is 2.43. The number of cyclic esters (lactones) is 1. The normalized spacial score (nSPS) is 18.5. The first-order valence-electron chi connectivity index (χ1n) is 20.4. The highest BCUT2D eigenvalue weighted by molar-refractivity contribution is 5.88. The van der Waals surface area contributed by atoms with Gasteiger partial charge in [-0.25, -0.2) is 19.6 Å². The molecule has 3 fully saturated rings. The van der Waals surface area contributed by atoms with Gasteiger partial charge in [0.2, 0.25) is 5.91 Å². The second-order valence-electron chi connectivity index (χ2n) is 15.6. The zero-order valence-corrected chi connectivity index (χ0v) is 33.9. The van der Waals surface area contributed by atoms with Crippen LogP contribution in [-0.4, -0.2) is 98.0 Å². The molecule has 0 unspecified atom stereocenters. The van der Waals surface area contributed by atoms with Gasteiger partial charge < -0.3 is 34.6 Å². The number of methoxy groups -OCH3 is 1. The quantitative estimate of drug-likeness (QED) is 0.130. The van der Waals surface area contributed by atoms with Crippen LogP contribution in [0.4, 0.5) is 9.59 Å². The summed E-state index contributed by atoms with van der Waals surface area (Å²) in [6, 6.07) is 23.1. The first kappa shape index (κ1) is 39.9. The number of carbonyl (C=O) groups excluding carboxylic acids is 4. The molecular weight excluding hydrogens is 761 g/mol. The van der Waals surface area contributed by atoms with Crippen molar-refractivity contribution in [1.82, 2.24) is 40.0 Å². The van der Waals surface area contributed by atoms with Gasteiger partial charge in [-0.1, -0.05) is 80.3 Å². The number of ether oxygens (including phenoxy) is 2. The molecule has 4 amide bonds. The van der Waals surface area contributed by atoms with E-state index in [0.717, 1.165) is 65.1 Å². The number of benzene rings is 3. The predicted octanol–water partition coefficient (Wildman–Crippen LogP) is 6.77. The number of rotatable bonds is 10. The van der Waals surface area contributed by atoms with E-state index in [1.165, 1.54) is 7.11 Å². The maximum Gasteiger partial charge on any atom is 0.410 e. The maximum absolute atomic E-state index is 13.9. The van der Waals surface area contributed by atoms with Crippen LogP contribution in [0.1, 0.15) is 86.0 Å². The molecule has 4 atom stereocenters. The zero-order valence-electron chi connectivity index (χ0n) is 33.9. The van der Waals surface area contributed by atoms with Crippen molar-refractivity contribution in [1.29, 1.82) is 0 Å². The minimum absolute atomic E-state index is 0.0524. The van der Waals surface area contributed by atoms with Crippen LogP contribution in [0.5, 0.6) is 0 Å². The van der Waals surface area contributed by atoms with Crippen molar-refractivity contribution in [3.8, 4) is 34.4 Å². The lowest BCUT2D eigenvalue weighted by atomic mass is 10.0. The summed E-state index contributed by atoms with van der Waals surface area (Å²) < 4.78 is 9.97. The molecule has 60 heavy (non-hydrogen) atoms. The van der Waals surface area contributed by atoms with E-state index >= 15 is 0 Å². The number of amides is 4. The lowest BCUT2D eigenvalue weighted by molar-refractivity contribution is -0.138. The van der Waals surface area contributed by atoms with Crippen LogP contribution in [0.2, 0.25) is 0 Å². The smallest absolute Gasteiger partial charge is 0.410 e. The Balaban J connectivity index is 0.898. The fourth-order valence-electron chi connectivity index (χ4n) is 8.43. The van der Waals surface area contributed by atoms with Gasteiger partial charge in [0.25, 0.3) is 5.91 Å². The van der Waals surface area contributed by atoms with Crippen LogP contribution in [0, 0.1) is 17.8 Å². The highest BCUT2D eigenvalue weighted by Crippen LogP contribution is 2.35. The topological polar surface area (TPSA) is 166 Å². The van der Waals surface area contributed by atoms with Gasteiger partial charge in [0.15, 0.2) is 0 Å². The molecule has 3 aliphatic rings. The second kappa shape index (κ2) is 17.5. The van der Waals surface area contributed by atoms with Gasteiger partial charge in [0.1, 0.15) is 30.3 Å². The minimum atomic E-state index is -0.882. The van der Waals surface area contributed by atoms with Crippen molar-refractivity contribution in [2.24, 2.45) is 5.92 Å². The largest absolute Gasteiger partial charge is 0.453 e. The van der Waals surface area contributed by atoms with Gasteiger partial charge in [-0.3, -0.25) is 14.5 Å². The molecule has 14 nitrogen and oxygen atoms in total. The summed E-state index contributed by atoms with van der Waals surface area (Å²) in [6.45, 7) is 5.81. The number of aromatic amines is 2. The van der Waals surface area contributed by atoms with Crippen LogP contribution in [0.15, 0.2) is 91.3 Å². The third kappa shape index (κ3) is 8.34. The Morgan fingerprint density at radius 3 is 1.78 bits per heavy atom. The first-order chi connectivity index (χ1) is 29.2. The molecule has 8 rings (SSSR count). The summed E-state index contributed by atoms with van der Waals surface area (Å²) >= 11 is 0. The maximum atomic E-state index is 13.9. The molecule has 14 heteroatoms. The number of hydrogen-bond donors (Lipinski definition) is 3. The van der Waals surface area contributed by atoms with E-state index in [-0.39, 0.29) is 29.8 Å². The molecule has 0 spiro atoms. The summed E-state index contributed by atoms with van der Waals surface area (Å²) in [5.74, 6) is 7.61. The van der Waals surface area contributed by atoms with Gasteiger partial charge in [0.05, 0.1) is 49.5 Å². The van der Waals surface area contributed by atoms with Crippen molar-refractivity contribution < 1.29 is 28.7 Å². The zero-order chi connectivity index (χ0) is 41.8. The molecule has 0 bridgehead atoms. The van der Waals surface area contributed by atoms with E-state index in [0.29, 0.717) is 37.6 Å². The van der Waals surface area contributed by atoms with E-state index in [1.807, 2.05) is 97.6 Å². The van der Waals surface area contributed by atoms with E-state index in [4.69, 9.17) is 9.47 Å². The Labute approximate surface area is 348 Å². The summed E-state index contributed by atoms with van der Waals surface area (Å²) in [6.07, 6.45) is 5.70. The predicted molar refractivity (Wildman–Crippen MR) is 223 cm³/mol. The third-order valence-electron chi connectivity index (χ3n) is 11.5. The molecular formula is C46H48N8O6. The van der Waals surface area contributed by atoms with E-state index < -0.39 is 24.3 Å². The number of carbonyl (C=O) groups is 4. The molecule has 5 aromatic rings. The number of aromatic nitrogens is 4. The number of imidazole rings is 2. The lowest BCUT2D eigenvalue weighted by Crippen LogP contribution is -2.51. The van der Waals surface area contributed by atoms with E-state index in [9.17, 15) is 19.2 Å². The van der Waals surface area contributed by atoms with Gasteiger partial charge in [-0.15, -0.1) is 0 Å². The molecule has 0 saturated carbocycles. The van der Waals surface area contributed by atoms with Crippen LogP contribution in [-0.2, 0) is 19.1 Å². The van der Waals surface area contributed by atoms with Crippen LogP contribution in [0.25, 0.3) is 22.5 Å². The number of alkyl carbamates (subject to hydrolysis) is 1. The van der Waals surface area contributed by atoms with Crippen LogP contribution >= 0.6 is 0 Å². The van der Waals surface area contributed by atoms with Crippen molar-refractivity contribution in [2.45, 2.75) is 63.7 Å². The van der Waals surface area contributed by atoms with Crippen molar-refractivity contribution in [2.75, 3.05) is 33.4 Å². The van der Waals surface area contributed by atoms with Crippen molar-refractivity contribution in [3.05, 3.63) is 120 Å². The van der Waals surface area contributed by atoms with Gasteiger partial charge >= 0.3 is 12.2 Å². The Bertz CT molecular complexity index is 2400. The summed E-state index contributed by atoms with van der Waals surface area (Å²) in [5.41, 5.74) is 5.97. The van der Waals surface area contributed by atoms with Gasteiger partial charge in [-0.2, -0.15) is 0 Å². The van der Waals surface area contributed by atoms with E-state index in [1.54, 1.807) is 22.2 Å². The Morgan fingerprint density at radius 2 is 1.30 bits per heavy atom. The lowest BCUT2D eigenvalue weighted by Gasteiger charge is -2.33. The molecule has 0 radical (unpaired) electrons. The van der Waals surface area contributed by atoms with Gasteiger partial charge in [0, 0.05) is 24.2 Å². The summed E-state index contributed by atoms with van der Waals surface area (Å²) in [5, 5.41) is 2.71. The molecule has 3 aliphatic heterocycles. The number of H-pyrrole nitrogens is 2. The van der Waals surface area contributed by atoms with Crippen molar-refractivity contribution >= 4 is 24.0 Å². The minimum Gasteiger partial charge on any atom is -0.453 e. The Hall–Kier alpha value is -6.88. The molecule has 0 aliphatic carbocycles. The average Bonchev–Trinajstić information content (AvgIpc) is 4.13. The standard InChI is InChI=1S/C46H48N8O6/c1-29(2)40(54-25-26-60-46(54)58)44(56)53-24-8-12-38(53)42-48-28-36(50-42)33-21-17-31(18-22-33)14-13-30-15-19-32(20-16-30)35-27-47-41(49-35)37-11-7-23-52(37)43(55)39(51-45(57)59-3)34-9-5-4-6-10-34/h4-6,9-10,15-22,27-29,37-40H,7-8,11-12,23-26H2,1-3H3,(H,47,49)(H,48,50)(H,51,57)/t37-,38-,39+,40-/m0/s1. The van der Waals surface area contributed by atoms with Gasteiger partial charge in [-0.05, 0) is 72.6 Å². The fraction of sp³-hybridized carbons (Fsp3) is 0.348. The van der Waals surface area contributed by atoms with Crippen LogP contribution in [0.3, 0.4) is 0 Å². The number of likely N-dealkylation sites (tertiary alicyclic amines) is 2. The first-order valence-corrected chi connectivity index (χ1v) is 20.4. The molecule has 308 valence electrons. The van der Waals surface area contributed by atoms with Crippen LogP contribution < -0.4 is 5.32 Å². The van der Waals surface area contributed by atoms with E-state index in [2.05, 4.69) is 37.1 Å². The summed E-state index contributed by atoms with van der Waals surface area (Å²) in [4.78, 5) is 73.7. The molecule has 3 N–H and O–H groups in total. The Morgan fingerprint density at radius 1 is 0.767 bits per heavy atom. The highest BCUT2D eigenvalue weighted by atomic mass is 16.6. The summed E-state index contributed by atoms with van der Waals surface area (Å²) in [7, 11) is 1.28. The monoisotopic (exact) mass is 808 g/mol. The number of nitrogens with one attached hydrogen (secondary N) is 3. The van der Waals surface area contributed by atoms with Crippen molar-refractivity contribution in [3.63, 3.8) is 0 Å². The molecule has 3 aromatic carbocycles. The second-order valence-corrected chi connectivity index (χ2v) is 15.6. The SMILES string of the molecule is COC(=O)N[C@@H](C(=O)N1CCC[C@H]1c1ncc(-c2ccc(C#Cc3ccc(-c4cnc([C@@H]5CCCN5C(=O)[C@H](C(C)C)N5CCOC5=O)[nH]4)cc3)cc2)[nH]1)c1ccccc1. The third-order valence-corrected chi connectivity index (χ3v) is 11.5. The Kier molecular flexibility index (Phi) is 11.7.